The Kier molecular flexibility index (Phi) is 8.61. The number of piperidine rings is 1. The Bertz CT molecular complexity index is 1180. The van der Waals surface area contributed by atoms with Crippen LogP contribution in [0.2, 0.25) is 5.02 Å². The second-order valence-corrected chi connectivity index (χ2v) is 9.36. The molecule has 2 aromatic carbocycles. The van der Waals surface area contributed by atoms with E-state index in [-0.39, 0.29) is 29.9 Å². The lowest BCUT2D eigenvalue weighted by atomic mass is 9.95. The van der Waals surface area contributed by atoms with Gasteiger partial charge in [-0.1, -0.05) is 29.2 Å². The highest BCUT2D eigenvalue weighted by molar-refractivity contribution is 6.31. The number of benzene rings is 2. The average Bonchev–Trinajstić information content (AvgIpc) is 2.82. The second-order valence-electron chi connectivity index (χ2n) is 8.95. The van der Waals surface area contributed by atoms with E-state index < -0.39 is 5.97 Å². The van der Waals surface area contributed by atoms with Crippen LogP contribution in [0.4, 0.5) is 0 Å². The summed E-state index contributed by atoms with van der Waals surface area (Å²) in [5.41, 5.74) is 5.70. The largest absolute Gasteiger partial charge is 0.507 e. The fourth-order valence-corrected chi connectivity index (χ4v) is 4.62. The lowest BCUT2D eigenvalue weighted by molar-refractivity contribution is -0.145. The molecule has 2 N–H and O–H groups in total. The van der Waals surface area contributed by atoms with Crippen molar-refractivity contribution in [3.63, 3.8) is 0 Å². The van der Waals surface area contributed by atoms with Crippen molar-refractivity contribution >= 4 is 29.6 Å². The summed E-state index contributed by atoms with van der Waals surface area (Å²) in [6.07, 6.45) is 8.85. The molecule has 3 rings (SSSR count). The van der Waals surface area contributed by atoms with Gasteiger partial charge in [-0.25, -0.2) is 4.79 Å². The standard InChI is InChI=1S/C28H30ClNO5/c1-5-20-14-18(3)23(19(4)15-20)12-17(2)13-24-25(29)7-6-22(27(24)33)28(34)30-10-8-21(9-11-30)35-16-26(31)32/h1,6-7,12,14-15,21,33H,8-11,13,16H2,2-4H3,(H,31,32)/b17-12+. The Morgan fingerprint density at radius 3 is 2.43 bits per heavy atom. The lowest BCUT2D eigenvalue weighted by Crippen LogP contribution is -2.41. The van der Waals surface area contributed by atoms with Gasteiger partial charge in [0, 0.05) is 29.2 Å². The van der Waals surface area contributed by atoms with Crippen molar-refractivity contribution in [2.45, 2.75) is 46.1 Å². The lowest BCUT2D eigenvalue weighted by Gasteiger charge is -2.32. The molecule has 6 nitrogen and oxygen atoms in total. The van der Waals surface area contributed by atoms with Gasteiger partial charge in [-0.2, -0.15) is 0 Å². The predicted octanol–water partition coefficient (Wildman–Crippen LogP) is 5.00. The predicted molar refractivity (Wildman–Crippen MR) is 137 cm³/mol. The van der Waals surface area contributed by atoms with Crippen molar-refractivity contribution in [2.75, 3.05) is 19.7 Å². The molecular formula is C28H30ClNO5. The number of phenols is 1. The molecule has 0 unspecified atom stereocenters. The van der Waals surface area contributed by atoms with Gasteiger partial charge in [0.2, 0.25) is 0 Å². The van der Waals surface area contributed by atoms with Gasteiger partial charge in [0.05, 0.1) is 11.7 Å². The normalized spacial score (nSPS) is 14.6. The molecule has 7 heteroatoms. The van der Waals surface area contributed by atoms with Crippen LogP contribution in [0, 0.1) is 26.2 Å². The molecule has 1 aliphatic rings. The number of halogens is 1. The van der Waals surface area contributed by atoms with Crippen molar-refractivity contribution in [2.24, 2.45) is 0 Å². The minimum Gasteiger partial charge on any atom is -0.507 e. The molecule has 184 valence electrons. The summed E-state index contributed by atoms with van der Waals surface area (Å²) < 4.78 is 5.34. The van der Waals surface area contributed by atoms with Crippen LogP contribution in [-0.4, -0.2) is 52.8 Å². The van der Waals surface area contributed by atoms with E-state index in [1.54, 1.807) is 17.0 Å². The number of likely N-dealkylation sites (tertiary alicyclic amines) is 1. The third-order valence-corrected chi connectivity index (χ3v) is 6.59. The quantitative estimate of drug-likeness (QED) is 0.528. The minimum atomic E-state index is -1.01. The number of carbonyl (C=O) groups is 2. The zero-order valence-corrected chi connectivity index (χ0v) is 21.0. The van der Waals surface area contributed by atoms with Gasteiger partial charge in [0.1, 0.15) is 12.4 Å². The molecule has 0 bridgehead atoms. The zero-order valence-electron chi connectivity index (χ0n) is 20.2. The summed E-state index contributed by atoms with van der Waals surface area (Å²) in [6.45, 7) is 6.47. The number of nitrogens with zero attached hydrogens (tertiary/aromatic N) is 1. The Morgan fingerprint density at radius 1 is 1.23 bits per heavy atom. The van der Waals surface area contributed by atoms with E-state index in [1.807, 2.05) is 32.9 Å². The summed E-state index contributed by atoms with van der Waals surface area (Å²) in [6, 6.07) is 7.11. The molecule has 1 amide bonds. The number of terminal acetylenes is 1. The van der Waals surface area contributed by atoms with Gasteiger partial charge in [0.15, 0.2) is 0 Å². The van der Waals surface area contributed by atoms with E-state index in [0.717, 1.165) is 27.8 Å². The molecule has 1 heterocycles. The highest BCUT2D eigenvalue weighted by Gasteiger charge is 2.27. The zero-order chi connectivity index (χ0) is 25.7. The number of aliphatic carboxylic acids is 1. The molecule has 0 radical (unpaired) electrons. The molecule has 1 aliphatic heterocycles. The Morgan fingerprint density at radius 2 is 1.86 bits per heavy atom. The van der Waals surface area contributed by atoms with Crippen molar-refractivity contribution in [1.29, 1.82) is 0 Å². The van der Waals surface area contributed by atoms with Crippen molar-refractivity contribution in [1.82, 2.24) is 4.90 Å². The highest BCUT2D eigenvalue weighted by atomic mass is 35.5. The number of hydrogen-bond donors (Lipinski definition) is 2. The van der Waals surface area contributed by atoms with Gasteiger partial charge >= 0.3 is 5.97 Å². The number of carbonyl (C=O) groups excluding carboxylic acids is 1. The van der Waals surface area contributed by atoms with E-state index in [0.29, 0.717) is 42.9 Å². The minimum absolute atomic E-state index is 0.115. The third-order valence-electron chi connectivity index (χ3n) is 6.23. The number of aryl methyl sites for hydroxylation is 2. The van der Waals surface area contributed by atoms with Crippen LogP contribution in [0.25, 0.3) is 6.08 Å². The second kappa shape index (κ2) is 11.4. The smallest absolute Gasteiger partial charge is 0.329 e. The fourth-order valence-electron chi connectivity index (χ4n) is 4.40. The average molecular weight is 496 g/mol. The molecule has 1 fully saturated rings. The molecule has 35 heavy (non-hydrogen) atoms. The summed E-state index contributed by atoms with van der Waals surface area (Å²) in [5.74, 6) is 1.25. The number of rotatable bonds is 7. The van der Waals surface area contributed by atoms with E-state index in [1.165, 1.54) is 0 Å². The van der Waals surface area contributed by atoms with Gasteiger partial charge in [-0.05, 0) is 81.0 Å². The van der Waals surface area contributed by atoms with Gasteiger partial charge in [0.25, 0.3) is 5.91 Å². The Balaban J connectivity index is 1.77. The molecule has 0 aliphatic carbocycles. The number of carboxylic acid groups (broad SMARTS) is 1. The maximum atomic E-state index is 13.1. The highest BCUT2D eigenvalue weighted by Crippen LogP contribution is 2.33. The number of hydrogen-bond acceptors (Lipinski definition) is 4. The SMILES string of the molecule is C#Cc1cc(C)c(/C=C(\C)Cc2c(Cl)ccc(C(=O)N3CCC(OCC(=O)O)CC3)c2O)c(C)c1. The first kappa shape index (κ1) is 26.3. The third kappa shape index (κ3) is 6.45. The fraction of sp³-hybridized carbons (Fsp3) is 0.357. The Hall–Kier alpha value is -3.27. The molecule has 0 aromatic heterocycles. The molecule has 1 saturated heterocycles. The first-order valence-electron chi connectivity index (χ1n) is 11.5. The number of ether oxygens (including phenoxy) is 1. The van der Waals surface area contributed by atoms with E-state index in [4.69, 9.17) is 27.9 Å². The van der Waals surface area contributed by atoms with Crippen LogP contribution in [-0.2, 0) is 16.0 Å². The van der Waals surface area contributed by atoms with Crippen LogP contribution < -0.4 is 0 Å². The maximum Gasteiger partial charge on any atom is 0.329 e. The van der Waals surface area contributed by atoms with Crippen molar-refractivity contribution in [3.05, 3.63) is 68.2 Å². The summed E-state index contributed by atoms with van der Waals surface area (Å²) in [4.78, 5) is 25.5. The number of phenolic OH excluding ortho intramolecular Hbond substituents is 1. The molecule has 0 saturated carbocycles. The van der Waals surface area contributed by atoms with Crippen LogP contribution in [0.15, 0.2) is 29.8 Å². The summed E-state index contributed by atoms with van der Waals surface area (Å²) in [5, 5.41) is 20.1. The number of allylic oxidation sites excluding steroid dienone is 1. The van der Waals surface area contributed by atoms with Crippen molar-refractivity contribution in [3.8, 4) is 18.1 Å². The maximum absolute atomic E-state index is 13.1. The van der Waals surface area contributed by atoms with Crippen LogP contribution in [0.1, 0.15) is 57.9 Å². The summed E-state index contributed by atoms with van der Waals surface area (Å²) >= 11 is 6.42. The van der Waals surface area contributed by atoms with E-state index in [2.05, 4.69) is 12.0 Å². The van der Waals surface area contributed by atoms with Crippen LogP contribution in [0.3, 0.4) is 0 Å². The number of amides is 1. The van der Waals surface area contributed by atoms with E-state index >= 15 is 0 Å². The van der Waals surface area contributed by atoms with Crippen molar-refractivity contribution < 1.29 is 24.5 Å². The van der Waals surface area contributed by atoms with Gasteiger partial charge < -0.3 is 19.8 Å². The summed E-state index contributed by atoms with van der Waals surface area (Å²) in [7, 11) is 0. The molecule has 2 aromatic rings. The Labute approximate surface area is 211 Å². The number of aromatic hydroxyl groups is 1. The first-order chi connectivity index (χ1) is 16.6. The van der Waals surface area contributed by atoms with Crippen LogP contribution >= 0.6 is 11.6 Å². The molecule has 0 spiro atoms. The monoisotopic (exact) mass is 495 g/mol. The van der Waals surface area contributed by atoms with Gasteiger partial charge in [-0.3, -0.25) is 4.79 Å². The van der Waals surface area contributed by atoms with Crippen LogP contribution in [0.5, 0.6) is 5.75 Å². The topological polar surface area (TPSA) is 87.1 Å². The number of carboxylic acids is 1. The van der Waals surface area contributed by atoms with E-state index in [9.17, 15) is 14.7 Å². The molecule has 0 atom stereocenters. The first-order valence-corrected chi connectivity index (χ1v) is 11.9. The van der Waals surface area contributed by atoms with Gasteiger partial charge in [-0.15, -0.1) is 6.42 Å². The molecular weight excluding hydrogens is 466 g/mol.